The lowest BCUT2D eigenvalue weighted by Gasteiger charge is -2.09. The van der Waals surface area contributed by atoms with E-state index in [-0.39, 0.29) is 11.6 Å². The van der Waals surface area contributed by atoms with E-state index in [0.717, 1.165) is 58.9 Å². The smallest absolute Gasteiger partial charge is 0.137 e. The van der Waals surface area contributed by atoms with Crippen molar-refractivity contribution < 1.29 is 8.78 Å². The Morgan fingerprint density at radius 3 is 1.62 bits per heavy atom. The molecule has 6 rings (SSSR count). The van der Waals surface area contributed by atoms with Gasteiger partial charge in [-0.05, 0) is 74.9 Å². The van der Waals surface area contributed by atoms with Gasteiger partial charge in [-0.15, -0.1) is 56.7 Å². The largest absolute Gasteiger partial charge is 0.206 e. The lowest BCUT2D eigenvalue weighted by atomic mass is 9.99. The molecule has 5 aromatic heterocycles. The first-order chi connectivity index (χ1) is 18.6. The van der Waals surface area contributed by atoms with E-state index in [4.69, 9.17) is 0 Å². The molecular formula is C32H30F2S5. The highest BCUT2D eigenvalue weighted by atomic mass is 32.1. The van der Waals surface area contributed by atoms with Gasteiger partial charge < -0.3 is 0 Å². The Morgan fingerprint density at radius 1 is 0.564 bits per heavy atom. The van der Waals surface area contributed by atoms with Crippen LogP contribution in [-0.2, 0) is 12.8 Å². The highest BCUT2D eigenvalue weighted by molar-refractivity contribution is 7.27. The second kappa shape index (κ2) is 10.5. The summed E-state index contributed by atoms with van der Waals surface area (Å²) in [6, 6.07) is 12.4. The van der Waals surface area contributed by atoms with Crippen LogP contribution in [-0.4, -0.2) is 0 Å². The number of fused-ring (bicyclic) bond motifs is 2. The minimum absolute atomic E-state index is 0.106. The third-order valence-corrected chi connectivity index (χ3v) is 12.5. The van der Waals surface area contributed by atoms with Crippen molar-refractivity contribution in [3.8, 4) is 30.6 Å². The lowest BCUT2D eigenvalue weighted by molar-refractivity contribution is 0.585. The normalized spacial score (nSPS) is 12.3. The van der Waals surface area contributed by atoms with Gasteiger partial charge in [-0.25, -0.2) is 8.78 Å². The van der Waals surface area contributed by atoms with E-state index in [1.807, 2.05) is 0 Å². The highest BCUT2D eigenvalue weighted by Gasteiger charge is 2.25. The molecule has 0 amide bonds. The molecule has 0 fully saturated rings. The van der Waals surface area contributed by atoms with Gasteiger partial charge in [0.25, 0.3) is 0 Å². The lowest BCUT2D eigenvalue weighted by Crippen LogP contribution is -1.92. The Hall–Kier alpha value is -1.90. The Kier molecular flexibility index (Phi) is 7.34. The van der Waals surface area contributed by atoms with Crippen molar-refractivity contribution in [1.82, 2.24) is 0 Å². The molecule has 39 heavy (non-hydrogen) atoms. The fourth-order valence-corrected chi connectivity index (χ4v) is 11.2. The van der Waals surface area contributed by atoms with Gasteiger partial charge in [0.1, 0.15) is 11.6 Å². The number of halogens is 2. The molecule has 0 unspecified atom stereocenters. The Bertz CT molecular complexity index is 1710. The van der Waals surface area contributed by atoms with E-state index in [1.165, 1.54) is 24.2 Å². The molecular weight excluding hydrogens is 583 g/mol. The molecule has 0 aliphatic heterocycles. The van der Waals surface area contributed by atoms with Crippen molar-refractivity contribution in [2.75, 3.05) is 0 Å². The average molecular weight is 613 g/mol. The molecule has 0 aliphatic carbocycles. The maximum atomic E-state index is 15.2. The molecule has 0 saturated heterocycles. The SMILES string of the molecule is Cc1ccc(-c2cc3c(-c4cc(F)c(CC(C)C)s4)c4sc(C)cc4c(-c4cc(F)c(CC(C)C)s4)c3s2)s1. The van der Waals surface area contributed by atoms with E-state index < -0.39 is 0 Å². The summed E-state index contributed by atoms with van der Waals surface area (Å²) in [6.07, 6.45) is 1.47. The van der Waals surface area contributed by atoms with Crippen molar-refractivity contribution in [2.45, 2.75) is 54.4 Å². The molecule has 0 atom stereocenters. The zero-order valence-corrected chi connectivity index (χ0v) is 26.9. The van der Waals surface area contributed by atoms with Crippen molar-refractivity contribution in [2.24, 2.45) is 11.8 Å². The molecule has 0 aliphatic rings. The summed E-state index contributed by atoms with van der Waals surface area (Å²) >= 11 is 8.50. The van der Waals surface area contributed by atoms with Crippen molar-refractivity contribution in [3.05, 3.63) is 67.5 Å². The molecule has 7 heteroatoms. The van der Waals surface area contributed by atoms with Crippen LogP contribution in [0.15, 0.2) is 36.4 Å². The van der Waals surface area contributed by atoms with E-state index in [2.05, 4.69) is 65.8 Å². The van der Waals surface area contributed by atoms with Gasteiger partial charge in [-0.3, -0.25) is 0 Å². The first-order valence-corrected chi connectivity index (χ1v) is 17.3. The molecule has 0 spiro atoms. The van der Waals surface area contributed by atoms with Crippen molar-refractivity contribution in [1.29, 1.82) is 0 Å². The predicted octanol–water partition coefficient (Wildman–Crippen LogP) is 12.6. The number of aryl methyl sites for hydroxylation is 2. The second-order valence-corrected chi connectivity index (χ2v) is 16.9. The van der Waals surface area contributed by atoms with Gasteiger partial charge >= 0.3 is 0 Å². The highest BCUT2D eigenvalue weighted by Crippen LogP contribution is 2.53. The number of benzene rings is 1. The fraction of sp³-hybridized carbons (Fsp3) is 0.312. The Balaban J connectivity index is 1.68. The quantitative estimate of drug-likeness (QED) is 0.168. The van der Waals surface area contributed by atoms with Gasteiger partial charge in [0, 0.05) is 70.3 Å². The van der Waals surface area contributed by atoms with Crippen molar-refractivity contribution >= 4 is 76.9 Å². The average Bonchev–Trinajstić information content (AvgIpc) is 3.65. The second-order valence-electron chi connectivity index (χ2n) is 11.1. The number of hydrogen-bond acceptors (Lipinski definition) is 5. The fourth-order valence-electron chi connectivity index (χ4n) is 5.15. The maximum absolute atomic E-state index is 15.2. The standard InChI is InChI=1S/C32H30F2S5/c1-15(2)9-24-21(33)13-27(37-24)29-19-11-18(6)36-31(19)30(28-14-22(34)25(38-28)10-16(3)4)20-12-26(39-32(20)29)23-8-7-17(5)35-23/h7-8,11-16H,9-10H2,1-6H3. The van der Waals surface area contributed by atoms with E-state index in [1.54, 1.807) is 68.8 Å². The predicted molar refractivity (Wildman–Crippen MR) is 174 cm³/mol. The van der Waals surface area contributed by atoms with Crippen LogP contribution in [0.2, 0.25) is 0 Å². The minimum atomic E-state index is -0.106. The molecule has 0 N–H and O–H groups in total. The number of rotatable bonds is 7. The molecule has 6 aromatic rings. The van der Waals surface area contributed by atoms with Crippen LogP contribution in [0, 0.1) is 37.3 Å². The van der Waals surface area contributed by atoms with Gasteiger partial charge in [0.2, 0.25) is 0 Å². The Labute approximate surface area is 248 Å². The van der Waals surface area contributed by atoms with Gasteiger partial charge in [-0.1, -0.05) is 27.7 Å². The summed E-state index contributed by atoms with van der Waals surface area (Å²) in [6.45, 7) is 12.8. The first kappa shape index (κ1) is 27.3. The van der Waals surface area contributed by atoms with E-state index in [0.29, 0.717) is 11.8 Å². The van der Waals surface area contributed by atoms with Gasteiger partial charge in [0.05, 0.1) is 0 Å². The third-order valence-electron chi connectivity index (χ3n) is 6.76. The molecule has 0 bridgehead atoms. The van der Waals surface area contributed by atoms with Gasteiger partial charge in [0.15, 0.2) is 0 Å². The maximum Gasteiger partial charge on any atom is 0.137 e. The van der Waals surface area contributed by atoms with Crippen molar-refractivity contribution in [3.63, 3.8) is 0 Å². The van der Waals surface area contributed by atoms with Crippen LogP contribution in [0.3, 0.4) is 0 Å². The summed E-state index contributed by atoms with van der Waals surface area (Å²) in [4.78, 5) is 8.53. The summed E-state index contributed by atoms with van der Waals surface area (Å²) in [7, 11) is 0. The topological polar surface area (TPSA) is 0 Å². The molecule has 5 heterocycles. The molecule has 0 nitrogen and oxygen atoms in total. The van der Waals surface area contributed by atoms with Gasteiger partial charge in [-0.2, -0.15) is 0 Å². The summed E-state index contributed by atoms with van der Waals surface area (Å²) < 4.78 is 32.7. The van der Waals surface area contributed by atoms with Crippen LogP contribution in [0.4, 0.5) is 8.78 Å². The van der Waals surface area contributed by atoms with Crippen LogP contribution in [0.25, 0.3) is 50.8 Å². The number of hydrogen-bond donors (Lipinski definition) is 0. The van der Waals surface area contributed by atoms with E-state index in [9.17, 15) is 0 Å². The summed E-state index contributed by atoms with van der Waals surface area (Å²) in [5.74, 6) is 0.567. The van der Waals surface area contributed by atoms with Crippen LogP contribution < -0.4 is 0 Å². The molecule has 0 radical (unpaired) electrons. The van der Waals surface area contributed by atoms with Crippen LogP contribution in [0.5, 0.6) is 0 Å². The third kappa shape index (κ3) is 5.06. The summed E-state index contributed by atoms with van der Waals surface area (Å²) in [5, 5.41) is 2.29. The molecule has 202 valence electrons. The van der Waals surface area contributed by atoms with E-state index >= 15 is 8.78 Å². The minimum Gasteiger partial charge on any atom is -0.206 e. The monoisotopic (exact) mass is 612 g/mol. The molecule has 0 saturated carbocycles. The summed E-state index contributed by atoms with van der Waals surface area (Å²) in [5.41, 5.74) is 2.24. The zero-order chi connectivity index (χ0) is 27.6. The molecule has 1 aromatic carbocycles. The van der Waals surface area contributed by atoms with Crippen LogP contribution >= 0.6 is 56.7 Å². The van der Waals surface area contributed by atoms with Crippen LogP contribution in [0.1, 0.15) is 47.2 Å². The Morgan fingerprint density at radius 2 is 1.10 bits per heavy atom. The number of thiophene rings is 5. The zero-order valence-electron chi connectivity index (χ0n) is 22.8. The first-order valence-electron chi connectivity index (χ1n) is 13.2.